The summed E-state index contributed by atoms with van der Waals surface area (Å²) in [6.07, 6.45) is 14.2. The molecule has 0 spiro atoms. The molecule has 5 heteroatoms. The van der Waals surface area contributed by atoms with E-state index in [1.165, 1.54) is 25.7 Å². The van der Waals surface area contributed by atoms with E-state index in [1.54, 1.807) is 0 Å². The van der Waals surface area contributed by atoms with Crippen molar-refractivity contribution in [3.63, 3.8) is 0 Å². The van der Waals surface area contributed by atoms with Gasteiger partial charge < -0.3 is 4.74 Å². The van der Waals surface area contributed by atoms with Gasteiger partial charge in [-0.05, 0) is 56.9 Å². The van der Waals surface area contributed by atoms with Gasteiger partial charge in [0.05, 0.1) is 5.92 Å². The predicted molar refractivity (Wildman–Crippen MR) is 126 cm³/mol. The maximum atomic E-state index is 15.2. The molecule has 1 aromatic rings. The first-order chi connectivity index (χ1) is 16.0. The van der Waals surface area contributed by atoms with Crippen molar-refractivity contribution < 1.29 is 23.1 Å². The predicted octanol–water partition coefficient (Wildman–Crippen LogP) is 7.97. The van der Waals surface area contributed by atoms with Gasteiger partial charge in [0.2, 0.25) is 5.75 Å². The van der Waals surface area contributed by atoms with E-state index in [1.807, 2.05) is 0 Å². The molecule has 1 aromatic carbocycles. The summed E-state index contributed by atoms with van der Waals surface area (Å²) in [5.74, 6) is -3.01. The van der Waals surface area contributed by atoms with Gasteiger partial charge in [-0.2, -0.15) is 0 Å². The third kappa shape index (κ3) is 6.64. The molecular weight excluding hydrogens is 422 g/mol. The van der Waals surface area contributed by atoms with Crippen LogP contribution in [0.25, 0.3) is 0 Å². The number of fused-ring (bicyclic) bond motifs is 1. The van der Waals surface area contributed by atoms with Gasteiger partial charge in [-0.25, -0.2) is 8.78 Å². The molecule has 3 rings (SSSR count). The van der Waals surface area contributed by atoms with Crippen molar-refractivity contribution in [1.29, 1.82) is 0 Å². The van der Waals surface area contributed by atoms with Crippen LogP contribution in [0, 0.1) is 29.4 Å². The lowest BCUT2D eigenvalue weighted by Gasteiger charge is -2.28. The summed E-state index contributed by atoms with van der Waals surface area (Å²) in [7, 11) is 0. The first-order valence-electron chi connectivity index (χ1n) is 13.2. The smallest absolute Gasteiger partial charge is 0.314 e. The number of ether oxygens (including phenoxy) is 1. The molecule has 0 aliphatic heterocycles. The maximum Gasteiger partial charge on any atom is 0.314 e. The van der Waals surface area contributed by atoms with Crippen LogP contribution in [-0.2, 0) is 11.2 Å². The lowest BCUT2D eigenvalue weighted by atomic mass is 9.79. The lowest BCUT2D eigenvalue weighted by Crippen LogP contribution is -2.28. The molecule has 1 atom stereocenters. The summed E-state index contributed by atoms with van der Waals surface area (Å²) in [5, 5.41) is 0. The van der Waals surface area contributed by atoms with Crippen LogP contribution in [-0.4, -0.2) is 11.8 Å². The van der Waals surface area contributed by atoms with Crippen molar-refractivity contribution in [2.75, 3.05) is 0 Å². The molecule has 0 amide bonds. The Kier molecular flexibility index (Phi) is 9.88. The molecular formula is C28H40F2O3. The van der Waals surface area contributed by atoms with Gasteiger partial charge in [-0.1, -0.05) is 65.2 Å². The van der Waals surface area contributed by atoms with E-state index in [2.05, 4.69) is 13.8 Å². The number of unbranched alkanes of at least 4 members (excludes halogenated alkanes) is 5. The minimum atomic E-state index is -0.951. The van der Waals surface area contributed by atoms with Gasteiger partial charge in [-0.3, -0.25) is 9.59 Å². The van der Waals surface area contributed by atoms with Gasteiger partial charge in [0.25, 0.3) is 0 Å². The second-order valence-electron chi connectivity index (χ2n) is 10.1. The Hall–Kier alpha value is -1.78. The molecule has 3 nitrogen and oxygen atoms in total. The molecule has 2 aliphatic rings. The molecule has 1 unspecified atom stereocenters. The van der Waals surface area contributed by atoms with E-state index in [-0.39, 0.29) is 28.7 Å². The summed E-state index contributed by atoms with van der Waals surface area (Å²) in [5.41, 5.74) is 0.331. The van der Waals surface area contributed by atoms with Crippen LogP contribution in [0.15, 0.2) is 6.07 Å². The number of rotatable bonds is 11. The van der Waals surface area contributed by atoms with Crippen molar-refractivity contribution >= 4 is 11.8 Å². The molecule has 33 heavy (non-hydrogen) atoms. The van der Waals surface area contributed by atoms with Crippen molar-refractivity contribution in [2.45, 2.75) is 110 Å². The van der Waals surface area contributed by atoms with Crippen LogP contribution in [0.4, 0.5) is 8.78 Å². The van der Waals surface area contributed by atoms with Crippen LogP contribution in [0.3, 0.4) is 0 Å². The first-order valence-corrected chi connectivity index (χ1v) is 13.2. The topological polar surface area (TPSA) is 43.4 Å². The number of carbonyl (C=O) groups excluding carboxylic acids is 2. The lowest BCUT2D eigenvalue weighted by molar-refractivity contribution is -0.140. The SMILES string of the molecule is CCCCCCC1CCc2c(cc(F)c(OC(=O)C3CCC(CCCCC)CC3)c2F)C1=O. The Balaban J connectivity index is 1.60. The molecule has 1 fully saturated rings. The average molecular weight is 463 g/mol. The molecule has 0 radical (unpaired) electrons. The summed E-state index contributed by atoms with van der Waals surface area (Å²) < 4.78 is 35.2. The Labute approximate surface area is 197 Å². The van der Waals surface area contributed by atoms with E-state index < -0.39 is 23.4 Å². The maximum absolute atomic E-state index is 15.2. The number of halogens is 2. The monoisotopic (exact) mass is 462 g/mol. The molecule has 2 aliphatic carbocycles. The van der Waals surface area contributed by atoms with Gasteiger partial charge in [-0.15, -0.1) is 0 Å². The molecule has 0 bridgehead atoms. The van der Waals surface area contributed by atoms with Crippen LogP contribution >= 0.6 is 0 Å². The summed E-state index contributed by atoms with van der Waals surface area (Å²) >= 11 is 0. The number of ketones is 1. The minimum absolute atomic E-state index is 0.129. The van der Waals surface area contributed by atoms with Crippen LogP contribution in [0.1, 0.15) is 120 Å². The van der Waals surface area contributed by atoms with Crippen LogP contribution in [0.5, 0.6) is 5.75 Å². The number of esters is 1. The second kappa shape index (κ2) is 12.6. The number of hydrogen-bond acceptors (Lipinski definition) is 3. The third-order valence-corrected chi connectivity index (χ3v) is 7.66. The number of Topliss-reactive ketones (excluding diaryl/α,β-unsaturated/α-hetero) is 1. The fraction of sp³-hybridized carbons (Fsp3) is 0.714. The number of benzene rings is 1. The standard InChI is InChI=1S/C28H40F2O3/c1-3-5-7-9-11-20-16-17-22-23(26(20)31)18-24(29)27(25(22)30)33-28(32)21-14-12-19(13-15-21)10-8-6-4-2/h18-21H,3-17H2,1-2H3. The Morgan fingerprint density at radius 1 is 0.939 bits per heavy atom. The number of carbonyl (C=O) groups is 2. The highest BCUT2D eigenvalue weighted by molar-refractivity contribution is 6.00. The second-order valence-corrected chi connectivity index (χ2v) is 10.1. The van der Waals surface area contributed by atoms with E-state index >= 15 is 4.39 Å². The Morgan fingerprint density at radius 3 is 2.30 bits per heavy atom. The van der Waals surface area contributed by atoms with Gasteiger partial charge in [0, 0.05) is 17.0 Å². The first kappa shape index (κ1) is 25.8. The van der Waals surface area contributed by atoms with Crippen molar-refractivity contribution in [3.05, 3.63) is 28.8 Å². The summed E-state index contributed by atoms with van der Waals surface area (Å²) in [4.78, 5) is 25.5. The molecule has 184 valence electrons. The Bertz CT molecular complexity index is 812. The van der Waals surface area contributed by atoms with Gasteiger partial charge in [0.1, 0.15) is 0 Å². The van der Waals surface area contributed by atoms with E-state index in [0.29, 0.717) is 31.6 Å². The van der Waals surface area contributed by atoms with Crippen molar-refractivity contribution in [3.8, 4) is 5.75 Å². The van der Waals surface area contributed by atoms with E-state index in [9.17, 15) is 14.0 Å². The summed E-state index contributed by atoms with van der Waals surface area (Å²) in [6.45, 7) is 4.33. The zero-order valence-electron chi connectivity index (χ0n) is 20.4. The highest BCUT2D eigenvalue weighted by atomic mass is 19.1. The van der Waals surface area contributed by atoms with Crippen molar-refractivity contribution in [1.82, 2.24) is 0 Å². The average Bonchev–Trinajstić information content (AvgIpc) is 2.81. The molecule has 0 aromatic heterocycles. The molecule has 0 saturated heterocycles. The molecule has 0 heterocycles. The van der Waals surface area contributed by atoms with Crippen molar-refractivity contribution in [2.24, 2.45) is 17.8 Å². The fourth-order valence-electron chi connectivity index (χ4n) is 5.51. The van der Waals surface area contributed by atoms with Crippen LogP contribution < -0.4 is 4.74 Å². The fourth-order valence-corrected chi connectivity index (χ4v) is 5.51. The number of hydrogen-bond donors (Lipinski definition) is 0. The molecule has 0 N–H and O–H groups in total. The summed E-state index contributed by atoms with van der Waals surface area (Å²) in [6, 6.07) is 1.09. The zero-order valence-corrected chi connectivity index (χ0v) is 20.4. The highest BCUT2D eigenvalue weighted by Crippen LogP contribution is 2.37. The molecule has 1 saturated carbocycles. The quantitative estimate of drug-likeness (QED) is 0.190. The Morgan fingerprint density at radius 2 is 1.61 bits per heavy atom. The highest BCUT2D eigenvalue weighted by Gasteiger charge is 2.34. The normalized spacial score (nSPS) is 22.8. The zero-order chi connectivity index (χ0) is 23.8. The largest absolute Gasteiger partial charge is 0.420 e. The minimum Gasteiger partial charge on any atom is -0.420 e. The third-order valence-electron chi connectivity index (χ3n) is 7.66. The van der Waals surface area contributed by atoms with Crippen LogP contribution in [0.2, 0.25) is 0 Å². The van der Waals surface area contributed by atoms with Gasteiger partial charge in [0.15, 0.2) is 17.4 Å². The van der Waals surface area contributed by atoms with Gasteiger partial charge >= 0.3 is 5.97 Å². The van der Waals surface area contributed by atoms with E-state index in [4.69, 9.17) is 4.74 Å². The van der Waals surface area contributed by atoms with E-state index in [0.717, 1.165) is 51.0 Å².